The average Bonchev–Trinajstić information content (AvgIpc) is 2.42. The summed E-state index contributed by atoms with van der Waals surface area (Å²) in [5.74, 6) is -0.609. The summed E-state index contributed by atoms with van der Waals surface area (Å²) < 4.78 is 0. The van der Waals surface area contributed by atoms with Crippen molar-refractivity contribution in [2.75, 3.05) is 19.6 Å². The van der Waals surface area contributed by atoms with Gasteiger partial charge in [0.05, 0.1) is 0 Å². The Hall–Kier alpha value is -0.610. The molecule has 1 amide bonds. The molecule has 4 heteroatoms. The number of rotatable bonds is 3. The molecule has 4 nitrogen and oxygen atoms in total. The molecule has 92 valence electrons. The van der Waals surface area contributed by atoms with Gasteiger partial charge >= 0.3 is 0 Å². The number of aliphatic hydroxyl groups excluding tert-OH is 1. The number of β-amino-alcohol motifs (C(OH)–C–C–N with tert-alkyl or cyclic N) is 1. The SMILES string of the molecule is NC(=O)C(O)CN1CC2(CCCCCC2)C1. The van der Waals surface area contributed by atoms with Gasteiger partial charge in [0.2, 0.25) is 5.91 Å². The number of likely N-dealkylation sites (tertiary alicyclic amines) is 1. The minimum atomic E-state index is -0.997. The molecule has 2 rings (SSSR count). The number of carbonyl (C=O) groups excluding carboxylic acids is 1. The Balaban J connectivity index is 1.77. The maximum absolute atomic E-state index is 10.7. The standard InChI is InChI=1S/C12H22N2O2/c13-11(16)10(15)7-14-8-12(9-14)5-3-1-2-4-6-12/h10,15H,1-9H2,(H2,13,16). The normalized spacial score (nSPS) is 27.1. The number of amides is 1. The summed E-state index contributed by atoms with van der Waals surface area (Å²) in [7, 11) is 0. The van der Waals surface area contributed by atoms with Crippen LogP contribution in [0.15, 0.2) is 0 Å². The lowest BCUT2D eigenvalue weighted by Crippen LogP contribution is -2.58. The van der Waals surface area contributed by atoms with Crippen LogP contribution in [0.4, 0.5) is 0 Å². The summed E-state index contributed by atoms with van der Waals surface area (Å²) in [5.41, 5.74) is 5.54. The first-order valence-corrected chi connectivity index (χ1v) is 6.31. The van der Waals surface area contributed by atoms with Crippen LogP contribution in [0, 0.1) is 5.41 Å². The van der Waals surface area contributed by atoms with E-state index in [9.17, 15) is 9.90 Å². The minimum absolute atomic E-state index is 0.414. The molecule has 1 saturated heterocycles. The van der Waals surface area contributed by atoms with Crippen molar-refractivity contribution in [2.45, 2.75) is 44.6 Å². The Morgan fingerprint density at radius 2 is 1.81 bits per heavy atom. The van der Waals surface area contributed by atoms with Crippen LogP contribution in [-0.2, 0) is 4.79 Å². The van der Waals surface area contributed by atoms with Gasteiger partial charge in [0.15, 0.2) is 0 Å². The van der Waals surface area contributed by atoms with Gasteiger partial charge < -0.3 is 10.8 Å². The lowest BCUT2D eigenvalue weighted by Gasteiger charge is -2.50. The summed E-state index contributed by atoms with van der Waals surface area (Å²) in [5, 5.41) is 9.39. The average molecular weight is 226 g/mol. The fourth-order valence-corrected chi connectivity index (χ4v) is 3.16. The van der Waals surface area contributed by atoms with Crippen LogP contribution in [0.25, 0.3) is 0 Å². The van der Waals surface area contributed by atoms with Gasteiger partial charge in [0, 0.05) is 19.6 Å². The fraction of sp³-hybridized carbons (Fsp3) is 0.917. The number of aliphatic hydroxyl groups is 1. The molecule has 16 heavy (non-hydrogen) atoms. The van der Waals surface area contributed by atoms with Crippen molar-refractivity contribution in [1.82, 2.24) is 4.90 Å². The molecule has 1 aliphatic carbocycles. The van der Waals surface area contributed by atoms with Gasteiger partial charge in [-0.05, 0) is 18.3 Å². The Kier molecular flexibility index (Phi) is 3.50. The summed E-state index contributed by atoms with van der Waals surface area (Å²) in [6.45, 7) is 2.49. The van der Waals surface area contributed by atoms with E-state index >= 15 is 0 Å². The van der Waals surface area contributed by atoms with E-state index in [2.05, 4.69) is 4.90 Å². The van der Waals surface area contributed by atoms with Gasteiger partial charge in [-0.3, -0.25) is 9.69 Å². The third-order valence-corrected chi connectivity index (χ3v) is 4.04. The topological polar surface area (TPSA) is 66.6 Å². The maximum atomic E-state index is 10.7. The van der Waals surface area contributed by atoms with Crippen molar-refractivity contribution in [3.05, 3.63) is 0 Å². The third-order valence-electron chi connectivity index (χ3n) is 4.04. The lowest BCUT2D eigenvalue weighted by atomic mass is 9.73. The van der Waals surface area contributed by atoms with Gasteiger partial charge in [0.25, 0.3) is 0 Å². The van der Waals surface area contributed by atoms with Crippen molar-refractivity contribution in [1.29, 1.82) is 0 Å². The van der Waals surface area contributed by atoms with E-state index < -0.39 is 12.0 Å². The zero-order valence-electron chi connectivity index (χ0n) is 9.82. The first-order chi connectivity index (χ1) is 7.61. The zero-order chi connectivity index (χ0) is 11.6. The van der Waals surface area contributed by atoms with Crippen LogP contribution < -0.4 is 5.73 Å². The van der Waals surface area contributed by atoms with Gasteiger partial charge in [-0.1, -0.05) is 25.7 Å². The molecule has 1 atom stereocenters. The largest absolute Gasteiger partial charge is 0.382 e. The molecule has 0 radical (unpaired) electrons. The molecule has 1 aliphatic heterocycles. The van der Waals surface area contributed by atoms with Crippen LogP contribution in [0.1, 0.15) is 38.5 Å². The quantitative estimate of drug-likeness (QED) is 0.736. The van der Waals surface area contributed by atoms with Gasteiger partial charge in [0.1, 0.15) is 6.10 Å². The van der Waals surface area contributed by atoms with Crippen molar-refractivity contribution in [3.8, 4) is 0 Å². The molecule has 1 spiro atoms. The molecule has 0 aromatic heterocycles. The van der Waals surface area contributed by atoms with E-state index in [1.807, 2.05) is 0 Å². The van der Waals surface area contributed by atoms with Crippen LogP contribution >= 0.6 is 0 Å². The van der Waals surface area contributed by atoms with Crippen molar-refractivity contribution >= 4 is 5.91 Å². The van der Waals surface area contributed by atoms with Crippen molar-refractivity contribution < 1.29 is 9.90 Å². The van der Waals surface area contributed by atoms with E-state index in [4.69, 9.17) is 5.73 Å². The molecule has 0 aromatic carbocycles. The Bertz CT molecular complexity index is 252. The Morgan fingerprint density at radius 1 is 1.25 bits per heavy atom. The smallest absolute Gasteiger partial charge is 0.247 e. The number of hydrogen-bond donors (Lipinski definition) is 2. The predicted octanol–water partition coefficient (Wildman–Crippen LogP) is 0.489. The van der Waals surface area contributed by atoms with E-state index in [1.54, 1.807) is 0 Å². The Labute approximate surface area is 96.8 Å². The Morgan fingerprint density at radius 3 is 2.31 bits per heavy atom. The van der Waals surface area contributed by atoms with Crippen LogP contribution in [0.3, 0.4) is 0 Å². The number of primary amides is 1. The van der Waals surface area contributed by atoms with Crippen LogP contribution in [0.5, 0.6) is 0 Å². The second kappa shape index (κ2) is 4.72. The number of carbonyl (C=O) groups is 1. The first kappa shape index (κ1) is 11.9. The highest BCUT2D eigenvalue weighted by molar-refractivity contribution is 5.78. The van der Waals surface area contributed by atoms with Crippen LogP contribution in [0.2, 0.25) is 0 Å². The van der Waals surface area contributed by atoms with Gasteiger partial charge in [-0.2, -0.15) is 0 Å². The second-order valence-electron chi connectivity index (χ2n) is 5.50. The molecular weight excluding hydrogens is 204 g/mol. The molecule has 1 unspecified atom stereocenters. The molecular formula is C12H22N2O2. The molecule has 1 heterocycles. The molecule has 1 saturated carbocycles. The fourth-order valence-electron chi connectivity index (χ4n) is 3.16. The van der Waals surface area contributed by atoms with E-state index in [1.165, 1.54) is 38.5 Å². The second-order valence-corrected chi connectivity index (χ2v) is 5.50. The first-order valence-electron chi connectivity index (χ1n) is 6.31. The molecule has 2 fully saturated rings. The van der Waals surface area contributed by atoms with E-state index in [0.717, 1.165) is 13.1 Å². The van der Waals surface area contributed by atoms with Gasteiger partial charge in [-0.15, -0.1) is 0 Å². The summed E-state index contributed by atoms with van der Waals surface area (Å²) >= 11 is 0. The summed E-state index contributed by atoms with van der Waals surface area (Å²) in [6.07, 6.45) is 7.05. The summed E-state index contributed by atoms with van der Waals surface area (Å²) in [4.78, 5) is 12.9. The van der Waals surface area contributed by atoms with Gasteiger partial charge in [-0.25, -0.2) is 0 Å². The van der Waals surface area contributed by atoms with Crippen molar-refractivity contribution in [2.24, 2.45) is 11.1 Å². The molecule has 2 aliphatic rings. The highest BCUT2D eigenvalue weighted by Gasteiger charge is 2.43. The zero-order valence-corrected chi connectivity index (χ0v) is 9.82. The number of nitrogens with zero attached hydrogens (tertiary/aromatic N) is 1. The summed E-state index contributed by atoms with van der Waals surface area (Å²) in [6, 6.07) is 0. The van der Waals surface area contributed by atoms with E-state index in [-0.39, 0.29) is 0 Å². The monoisotopic (exact) mass is 226 g/mol. The van der Waals surface area contributed by atoms with Crippen LogP contribution in [-0.4, -0.2) is 41.7 Å². The third kappa shape index (κ3) is 2.55. The predicted molar refractivity (Wildman–Crippen MR) is 61.8 cm³/mol. The minimum Gasteiger partial charge on any atom is -0.382 e. The lowest BCUT2D eigenvalue weighted by molar-refractivity contribution is -0.129. The van der Waals surface area contributed by atoms with E-state index in [0.29, 0.717) is 12.0 Å². The molecule has 0 aromatic rings. The molecule has 3 N–H and O–H groups in total. The maximum Gasteiger partial charge on any atom is 0.247 e. The highest BCUT2D eigenvalue weighted by Crippen LogP contribution is 2.42. The number of nitrogens with two attached hydrogens (primary N) is 1. The molecule has 0 bridgehead atoms. The highest BCUT2D eigenvalue weighted by atomic mass is 16.3. The number of hydrogen-bond acceptors (Lipinski definition) is 3. The van der Waals surface area contributed by atoms with Crippen molar-refractivity contribution in [3.63, 3.8) is 0 Å².